The summed E-state index contributed by atoms with van der Waals surface area (Å²) in [6.45, 7) is 1.03. The van der Waals surface area contributed by atoms with Crippen LogP contribution in [-0.4, -0.2) is 35.0 Å². The summed E-state index contributed by atoms with van der Waals surface area (Å²) in [4.78, 5) is 25.2. The van der Waals surface area contributed by atoms with Crippen molar-refractivity contribution in [3.05, 3.63) is 70.8 Å². The van der Waals surface area contributed by atoms with E-state index in [0.29, 0.717) is 19.5 Å². The van der Waals surface area contributed by atoms with Crippen molar-refractivity contribution in [1.29, 1.82) is 0 Å². The van der Waals surface area contributed by atoms with Crippen LogP contribution in [0.4, 0.5) is 13.2 Å². The molecule has 1 aliphatic heterocycles. The fraction of sp³-hybridized carbons (Fsp3) is 0.300. The van der Waals surface area contributed by atoms with Gasteiger partial charge in [0, 0.05) is 18.7 Å². The van der Waals surface area contributed by atoms with Gasteiger partial charge in [0.25, 0.3) is 5.91 Å². The maximum atomic E-state index is 12.6. The molecule has 1 saturated heterocycles. The van der Waals surface area contributed by atoms with Gasteiger partial charge in [-0.2, -0.15) is 13.2 Å². The molecule has 1 heterocycles. The van der Waals surface area contributed by atoms with Crippen molar-refractivity contribution < 1.29 is 27.9 Å². The number of benzene rings is 2. The molecule has 4 nitrogen and oxygen atoms in total. The van der Waals surface area contributed by atoms with E-state index in [9.17, 15) is 22.8 Å². The van der Waals surface area contributed by atoms with Gasteiger partial charge in [-0.15, -0.1) is 0 Å². The molecular weight excluding hydrogens is 359 g/mol. The summed E-state index contributed by atoms with van der Waals surface area (Å²) < 4.78 is 37.9. The van der Waals surface area contributed by atoms with Crippen LogP contribution < -0.4 is 0 Å². The third-order valence-corrected chi connectivity index (χ3v) is 4.73. The zero-order chi connectivity index (χ0) is 19.6. The summed E-state index contributed by atoms with van der Waals surface area (Å²) in [6.07, 6.45) is -3.01. The number of aromatic carboxylic acids is 1. The zero-order valence-electron chi connectivity index (χ0n) is 14.4. The minimum atomic E-state index is -4.43. The van der Waals surface area contributed by atoms with Crippen LogP contribution >= 0.6 is 0 Å². The first-order chi connectivity index (χ1) is 12.7. The lowest BCUT2D eigenvalue weighted by Crippen LogP contribution is -2.29. The predicted molar refractivity (Wildman–Crippen MR) is 92.6 cm³/mol. The Morgan fingerprint density at radius 2 is 1.78 bits per heavy atom. The van der Waals surface area contributed by atoms with E-state index < -0.39 is 17.7 Å². The van der Waals surface area contributed by atoms with Crippen LogP contribution in [0.25, 0.3) is 0 Å². The van der Waals surface area contributed by atoms with Crippen LogP contribution in [0.15, 0.2) is 48.5 Å². The van der Waals surface area contributed by atoms with Gasteiger partial charge in [-0.3, -0.25) is 4.79 Å². The molecule has 1 atom stereocenters. The third kappa shape index (κ3) is 4.48. The number of rotatable bonds is 4. The molecule has 0 aliphatic carbocycles. The van der Waals surface area contributed by atoms with Gasteiger partial charge in [0.05, 0.1) is 11.1 Å². The third-order valence-electron chi connectivity index (χ3n) is 4.73. The predicted octanol–water partition coefficient (Wildman–Crippen LogP) is 4.11. The Bertz CT molecular complexity index is 846. The number of carbonyl (C=O) groups excluding carboxylic acids is 1. The number of carbonyl (C=O) groups is 2. The molecule has 0 aromatic heterocycles. The smallest absolute Gasteiger partial charge is 0.416 e. The van der Waals surface area contributed by atoms with E-state index in [1.807, 2.05) is 6.07 Å². The molecular formula is C20H18F3NO3. The maximum absolute atomic E-state index is 12.6. The number of carboxylic acid groups (broad SMARTS) is 1. The molecule has 0 bridgehead atoms. The first-order valence-corrected chi connectivity index (χ1v) is 8.53. The number of alkyl halides is 3. The highest BCUT2D eigenvalue weighted by molar-refractivity contribution is 5.94. The van der Waals surface area contributed by atoms with E-state index in [0.717, 1.165) is 24.1 Å². The van der Waals surface area contributed by atoms with Gasteiger partial charge in [-0.05, 0) is 60.7 Å². The molecule has 1 aliphatic rings. The number of halogens is 3. The van der Waals surface area contributed by atoms with Crippen molar-refractivity contribution in [2.75, 3.05) is 13.1 Å². The van der Waals surface area contributed by atoms with Gasteiger partial charge >= 0.3 is 12.1 Å². The molecule has 27 heavy (non-hydrogen) atoms. The summed E-state index contributed by atoms with van der Waals surface area (Å²) in [5, 5.41) is 9.06. The standard InChI is InChI=1S/C20H18F3NO3/c21-20(22,23)17-6-4-15(5-7-17)18(25)24-9-8-14(12-24)10-13-2-1-3-16(11-13)19(26)27/h1-7,11,14H,8-10,12H2,(H,26,27). The number of carboxylic acids is 1. The fourth-order valence-electron chi connectivity index (χ4n) is 3.33. The van der Waals surface area contributed by atoms with Crippen LogP contribution in [0.3, 0.4) is 0 Å². The quantitative estimate of drug-likeness (QED) is 0.873. The number of amides is 1. The molecule has 0 spiro atoms. The van der Waals surface area contributed by atoms with Crippen molar-refractivity contribution in [3.63, 3.8) is 0 Å². The summed E-state index contributed by atoms with van der Waals surface area (Å²) in [5.74, 6) is -1.08. The highest BCUT2D eigenvalue weighted by Gasteiger charge is 2.31. The molecule has 1 unspecified atom stereocenters. The molecule has 0 radical (unpaired) electrons. The van der Waals surface area contributed by atoms with Crippen molar-refractivity contribution in [1.82, 2.24) is 4.90 Å². The molecule has 0 saturated carbocycles. The monoisotopic (exact) mass is 377 g/mol. The van der Waals surface area contributed by atoms with Crippen molar-refractivity contribution in [2.45, 2.75) is 19.0 Å². The highest BCUT2D eigenvalue weighted by Crippen LogP contribution is 2.29. The molecule has 1 amide bonds. The first kappa shape index (κ1) is 18.9. The number of likely N-dealkylation sites (tertiary alicyclic amines) is 1. The fourth-order valence-corrected chi connectivity index (χ4v) is 3.33. The SMILES string of the molecule is O=C(O)c1cccc(CC2CCN(C(=O)c3ccc(C(F)(F)F)cc3)C2)c1. The Morgan fingerprint density at radius 3 is 2.41 bits per heavy atom. The van der Waals surface area contributed by atoms with Crippen LogP contribution in [0.1, 0.15) is 38.3 Å². The van der Waals surface area contributed by atoms with E-state index in [-0.39, 0.29) is 23.0 Å². The maximum Gasteiger partial charge on any atom is 0.416 e. The normalized spacial score (nSPS) is 17.1. The summed E-state index contributed by atoms with van der Waals surface area (Å²) in [5.41, 5.74) is 0.570. The molecule has 7 heteroatoms. The first-order valence-electron chi connectivity index (χ1n) is 8.53. The lowest BCUT2D eigenvalue weighted by atomic mass is 9.97. The van der Waals surface area contributed by atoms with Gasteiger partial charge in [0.15, 0.2) is 0 Å². The Labute approximate surface area is 154 Å². The van der Waals surface area contributed by atoms with Crippen LogP contribution in [0.2, 0.25) is 0 Å². The van der Waals surface area contributed by atoms with Crippen LogP contribution in [0.5, 0.6) is 0 Å². The average Bonchev–Trinajstić information content (AvgIpc) is 3.09. The minimum Gasteiger partial charge on any atom is -0.478 e. The van der Waals surface area contributed by atoms with Crippen molar-refractivity contribution in [3.8, 4) is 0 Å². The Kier molecular flexibility index (Phi) is 5.21. The van der Waals surface area contributed by atoms with Gasteiger partial charge in [0.2, 0.25) is 0 Å². The minimum absolute atomic E-state index is 0.187. The van der Waals surface area contributed by atoms with Gasteiger partial charge < -0.3 is 10.0 Å². The van der Waals surface area contributed by atoms with E-state index in [4.69, 9.17) is 5.11 Å². The lowest BCUT2D eigenvalue weighted by molar-refractivity contribution is -0.137. The summed E-state index contributed by atoms with van der Waals surface area (Å²) in [6, 6.07) is 10.9. The molecule has 142 valence electrons. The lowest BCUT2D eigenvalue weighted by Gasteiger charge is -2.17. The number of nitrogens with zero attached hydrogens (tertiary/aromatic N) is 1. The molecule has 2 aromatic rings. The second-order valence-corrected chi connectivity index (χ2v) is 6.69. The van der Waals surface area contributed by atoms with Crippen molar-refractivity contribution in [2.24, 2.45) is 5.92 Å². The molecule has 3 rings (SSSR count). The van der Waals surface area contributed by atoms with Crippen LogP contribution in [0, 0.1) is 5.92 Å². The van der Waals surface area contributed by atoms with E-state index in [1.54, 1.807) is 17.0 Å². The largest absolute Gasteiger partial charge is 0.478 e. The number of hydrogen-bond donors (Lipinski definition) is 1. The highest BCUT2D eigenvalue weighted by atomic mass is 19.4. The van der Waals surface area contributed by atoms with Gasteiger partial charge in [-0.25, -0.2) is 4.79 Å². The van der Waals surface area contributed by atoms with Gasteiger partial charge in [0.1, 0.15) is 0 Å². The second-order valence-electron chi connectivity index (χ2n) is 6.69. The molecule has 2 aromatic carbocycles. The topological polar surface area (TPSA) is 57.6 Å². The zero-order valence-corrected chi connectivity index (χ0v) is 14.4. The van der Waals surface area contributed by atoms with Gasteiger partial charge in [-0.1, -0.05) is 12.1 Å². The Hall–Kier alpha value is -2.83. The summed E-state index contributed by atoms with van der Waals surface area (Å²) >= 11 is 0. The Morgan fingerprint density at radius 1 is 1.07 bits per heavy atom. The number of hydrogen-bond acceptors (Lipinski definition) is 2. The second kappa shape index (κ2) is 7.42. The van der Waals surface area contributed by atoms with E-state index in [1.165, 1.54) is 18.2 Å². The van der Waals surface area contributed by atoms with E-state index >= 15 is 0 Å². The van der Waals surface area contributed by atoms with Crippen LogP contribution in [-0.2, 0) is 12.6 Å². The summed E-state index contributed by atoms with van der Waals surface area (Å²) in [7, 11) is 0. The van der Waals surface area contributed by atoms with Crippen molar-refractivity contribution >= 4 is 11.9 Å². The Balaban J connectivity index is 1.63. The molecule has 1 fully saturated rings. The van der Waals surface area contributed by atoms with E-state index in [2.05, 4.69) is 0 Å². The average molecular weight is 377 g/mol. The molecule has 1 N–H and O–H groups in total.